The van der Waals surface area contributed by atoms with E-state index in [2.05, 4.69) is 29.4 Å². The van der Waals surface area contributed by atoms with Crippen molar-refractivity contribution in [2.45, 2.75) is 32.1 Å². The van der Waals surface area contributed by atoms with E-state index in [4.69, 9.17) is 4.42 Å². The number of thioether (sulfide) groups is 1. The summed E-state index contributed by atoms with van der Waals surface area (Å²) in [4.78, 5) is 14.2. The van der Waals surface area contributed by atoms with E-state index in [0.29, 0.717) is 29.8 Å². The smallest absolute Gasteiger partial charge is 0.233 e. The number of furan rings is 1. The van der Waals surface area contributed by atoms with Gasteiger partial charge in [-0.05, 0) is 40.4 Å². The first-order chi connectivity index (χ1) is 12.5. The molecule has 0 aliphatic rings. The molecule has 3 heterocycles. The number of rotatable bonds is 8. The average molecular weight is 391 g/mol. The van der Waals surface area contributed by atoms with Gasteiger partial charge in [0, 0.05) is 20.1 Å². The number of carbonyl (C=O) groups is 1. The lowest BCUT2D eigenvalue weighted by molar-refractivity contribution is -0.127. The summed E-state index contributed by atoms with van der Waals surface area (Å²) in [5.74, 6) is 2.21. The topological polar surface area (TPSA) is 64.2 Å². The molecule has 3 rings (SSSR count). The molecule has 0 bridgehead atoms. The predicted molar refractivity (Wildman–Crippen MR) is 104 cm³/mol. The first kappa shape index (κ1) is 18.7. The lowest BCUT2D eigenvalue weighted by Gasteiger charge is -2.16. The van der Waals surface area contributed by atoms with Gasteiger partial charge < -0.3 is 9.32 Å². The molecule has 3 aromatic heterocycles. The summed E-state index contributed by atoms with van der Waals surface area (Å²) in [7, 11) is 1.83. The van der Waals surface area contributed by atoms with Gasteiger partial charge in [0.2, 0.25) is 5.91 Å². The molecule has 1 amide bonds. The lowest BCUT2D eigenvalue weighted by atomic mass is 10.2. The largest absolute Gasteiger partial charge is 0.461 e. The minimum atomic E-state index is 0.0693. The average Bonchev–Trinajstić information content (AvgIpc) is 3.34. The van der Waals surface area contributed by atoms with Crippen LogP contribution in [0.5, 0.6) is 0 Å². The molecule has 138 valence electrons. The van der Waals surface area contributed by atoms with Gasteiger partial charge in [0.25, 0.3) is 0 Å². The molecule has 0 fully saturated rings. The molecule has 6 nitrogen and oxygen atoms in total. The molecule has 0 aliphatic heterocycles. The number of nitrogens with zero attached hydrogens (tertiary/aromatic N) is 4. The van der Waals surface area contributed by atoms with E-state index in [-0.39, 0.29) is 5.91 Å². The Labute approximate surface area is 161 Å². The molecule has 0 saturated heterocycles. The maximum Gasteiger partial charge on any atom is 0.233 e. The second kappa shape index (κ2) is 8.55. The van der Waals surface area contributed by atoms with Crippen LogP contribution in [-0.4, -0.2) is 38.4 Å². The molecule has 8 heteroatoms. The van der Waals surface area contributed by atoms with Crippen molar-refractivity contribution in [3.8, 4) is 11.6 Å². The Kier molecular flexibility index (Phi) is 6.16. The predicted octanol–water partition coefficient (Wildman–Crippen LogP) is 4.01. The third-order valence-electron chi connectivity index (χ3n) is 3.76. The summed E-state index contributed by atoms with van der Waals surface area (Å²) >= 11 is 3.05. The number of hydrogen-bond acceptors (Lipinski definition) is 6. The van der Waals surface area contributed by atoms with Crippen LogP contribution in [0.1, 0.15) is 19.4 Å². The van der Waals surface area contributed by atoms with Crippen molar-refractivity contribution in [2.75, 3.05) is 12.8 Å². The van der Waals surface area contributed by atoms with Crippen LogP contribution in [0, 0.1) is 5.92 Å². The Hall–Kier alpha value is -2.06. The van der Waals surface area contributed by atoms with Gasteiger partial charge >= 0.3 is 0 Å². The lowest BCUT2D eigenvalue weighted by Crippen LogP contribution is -2.27. The van der Waals surface area contributed by atoms with Gasteiger partial charge in [-0.3, -0.25) is 9.36 Å². The molecule has 0 aliphatic carbocycles. The summed E-state index contributed by atoms with van der Waals surface area (Å²) in [5.41, 5.74) is 1.15. The van der Waals surface area contributed by atoms with E-state index in [1.165, 1.54) is 11.8 Å². The Balaban J connectivity index is 1.68. The highest BCUT2D eigenvalue weighted by atomic mass is 32.2. The van der Waals surface area contributed by atoms with E-state index < -0.39 is 0 Å². The highest BCUT2D eigenvalue weighted by Crippen LogP contribution is 2.25. The van der Waals surface area contributed by atoms with Crippen LogP contribution in [0.4, 0.5) is 0 Å². The van der Waals surface area contributed by atoms with E-state index in [9.17, 15) is 4.79 Å². The van der Waals surface area contributed by atoms with E-state index in [1.54, 1.807) is 22.5 Å². The van der Waals surface area contributed by atoms with Crippen molar-refractivity contribution < 1.29 is 9.21 Å². The highest BCUT2D eigenvalue weighted by molar-refractivity contribution is 7.99. The summed E-state index contributed by atoms with van der Waals surface area (Å²) in [6.07, 6.45) is 1.62. The standard InChI is InChI=1S/C18H22N4O2S2/c1-13(2)9-22-17(15-5-4-7-24-15)19-20-18(22)26-12-16(23)21(3)10-14-6-8-25-11-14/h4-8,11,13H,9-10,12H2,1-3H3. The first-order valence-corrected chi connectivity index (χ1v) is 10.3. The van der Waals surface area contributed by atoms with Crippen molar-refractivity contribution in [3.05, 3.63) is 40.8 Å². The fourth-order valence-corrected chi connectivity index (χ4v) is 4.04. The molecule has 26 heavy (non-hydrogen) atoms. The molecule has 0 atom stereocenters. The number of hydrogen-bond donors (Lipinski definition) is 0. The number of thiophene rings is 1. The van der Waals surface area contributed by atoms with Crippen LogP contribution in [0.3, 0.4) is 0 Å². The molecule has 0 N–H and O–H groups in total. The molecule has 3 aromatic rings. The van der Waals surface area contributed by atoms with Crippen molar-refractivity contribution >= 4 is 29.0 Å². The van der Waals surface area contributed by atoms with Crippen molar-refractivity contribution in [2.24, 2.45) is 5.92 Å². The second-order valence-electron chi connectivity index (χ2n) is 6.46. The molecular weight excluding hydrogens is 368 g/mol. The number of amides is 1. The Morgan fingerprint density at radius 1 is 1.38 bits per heavy atom. The molecule has 0 unspecified atom stereocenters. The van der Waals surface area contributed by atoms with Gasteiger partial charge in [0.1, 0.15) is 0 Å². The summed E-state index contributed by atoms with van der Waals surface area (Å²) in [5, 5.41) is 13.4. The SMILES string of the molecule is CC(C)Cn1c(SCC(=O)N(C)Cc2ccsc2)nnc1-c1ccco1. The molecule has 0 saturated carbocycles. The maximum absolute atomic E-state index is 12.4. The molecule has 0 radical (unpaired) electrons. The molecular formula is C18H22N4O2S2. The van der Waals surface area contributed by atoms with Crippen molar-refractivity contribution in [3.63, 3.8) is 0 Å². The zero-order valence-corrected chi connectivity index (χ0v) is 16.7. The third-order valence-corrected chi connectivity index (χ3v) is 5.44. The second-order valence-corrected chi connectivity index (χ2v) is 8.18. The number of carbonyl (C=O) groups excluding carboxylic acids is 1. The zero-order valence-electron chi connectivity index (χ0n) is 15.1. The fourth-order valence-electron chi connectivity index (χ4n) is 2.49. The molecule has 0 spiro atoms. The fraction of sp³-hybridized carbons (Fsp3) is 0.389. The van der Waals surface area contributed by atoms with Crippen LogP contribution in [0.25, 0.3) is 11.6 Å². The maximum atomic E-state index is 12.4. The highest BCUT2D eigenvalue weighted by Gasteiger charge is 2.19. The first-order valence-electron chi connectivity index (χ1n) is 8.39. The Bertz CT molecular complexity index is 826. The van der Waals surface area contributed by atoms with Crippen LogP contribution < -0.4 is 0 Å². The van der Waals surface area contributed by atoms with Gasteiger partial charge in [0.15, 0.2) is 16.7 Å². The summed E-state index contributed by atoms with van der Waals surface area (Å²) in [6.45, 7) is 5.67. The Morgan fingerprint density at radius 3 is 2.88 bits per heavy atom. The summed E-state index contributed by atoms with van der Waals surface area (Å²) < 4.78 is 7.50. The molecule has 0 aromatic carbocycles. The third kappa shape index (κ3) is 4.56. The quantitative estimate of drug-likeness (QED) is 0.544. The zero-order chi connectivity index (χ0) is 18.5. The van der Waals surface area contributed by atoms with Crippen molar-refractivity contribution in [1.29, 1.82) is 0 Å². The monoisotopic (exact) mass is 390 g/mol. The van der Waals surface area contributed by atoms with Gasteiger partial charge in [-0.2, -0.15) is 11.3 Å². The van der Waals surface area contributed by atoms with Gasteiger partial charge in [-0.25, -0.2) is 0 Å². The van der Waals surface area contributed by atoms with Gasteiger partial charge in [-0.15, -0.1) is 10.2 Å². The van der Waals surface area contributed by atoms with Gasteiger partial charge in [0.05, 0.1) is 12.0 Å². The van der Waals surface area contributed by atoms with E-state index in [1.807, 2.05) is 35.2 Å². The normalized spacial score (nSPS) is 11.2. The van der Waals surface area contributed by atoms with E-state index in [0.717, 1.165) is 17.3 Å². The summed E-state index contributed by atoms with van der Waals surface area (Å²) in [6, 6.07) is 5.74. The van der Waals surface area contributed by atoms with Crippen LogP contribution in [-0.2, 0) is 17.9 Å². The minimum absolute atomic E-state index is 0.0693. The van der Waals surface area contributed by atoms with E-state index >= 15 is 0 Å². The van der Waals surface area contributed by atoms with Crippen molar-refractivity contribution in [1.82, 2.24) is 19.7 Å². The Morgan fingerprint density at radius 2 is 2.23 bits per heavy atom. The minimum Gasteiger partial charge on any atom is -0.461 e. The van der Waals surface area contributed by atoms with Crippen LogP contribution >= 0.6 is 23.1 Å². The van der Waals surface area contributed by atoms with Crippen LogP contribution in [0.15, 0.2) is 44.8 Å². The van der Waals surface area contributed by atoms with Crippen LogP contribution in [0.2, 0.25) is 0 Å². The number of aromatic nitrogens is 3. The van der Waals surface area contributed by atoms with Gasteiger partial charge in [-0.1, -0.05) is 25.6 Å².